The number of hydrogen-bond acceptors (Lipinski definition) is 8. The van der Waals surface area contributed by atoms with Gasteiger partial charge in [-0.1, -0.05) is 0 Å². The van der Waals surface area contributed by atoms with Crippen LogP contribution in [0.1, 0.15) is 31.1 Å². The van der Waals surface area contributed by atoms with Crippen molar-refractivity contribution in [3.8, 4) is 0 Å². The number of nitrogens with one attached hydrogen (secondary N) is 1. The van der Waals surface area contributed by atoms with Gasteiger partial charge in [-0.05, 0) is 13.3 Å². The highest BCUT2D eigenvalue weighted by Crippen LogP contribution is 2.25. The summed E-state index contributed by atoms with van der Waals surface area (Å²) in [5.41, 5.74) is 4.84. The van der Waals surface area contributed by atoms with Crippen LogP contribution in [0.2, 0.25) is 0 Å². The summed E-state index contributed by atoms with van der Waals surface area (Å²) in [7, 11) is 1.30. The summed E-state index contributed by atoms with van der Waals surface area (Å²) in [6.45, 7) is 1.29. The largest absolute Gasteiger partial charge is 0.480 e. The molecule has 2 rings (SSSR count). The predicted octanol–water partition coefficient (Wildman–Crippen LogP) is -1.67. The molecule has 1 aliphatic heterocycles. The fourth-order valence-electron chi connectivity index (χ4n) is 2.90. The molecule has 0 spiro atoms. The van der Waals surface area contributed by atoms with Gasteiger partial charge in [-0.25, -0.2) is 4.79 Å². The number of carboxylic acid groups (broad SMARTS) is 1. The third-order valence-corrected chi connectivity index (χ3v) is 4.44. The van der Waals surface area contributed by atoms with E-state index in [0.29, 0.717) is 12.0 Å². The lowest BCUT2D eigenvalue weighted by Crippen LogP contribution is -2.44. The Morgan fingerprint density at radius 3 is 2.79 bits per heavy atom. The van der Waals surface area contributed by atoms with Crippen LogP contribution in [0.5, 0.6) is 0 Å². The lowest BCUT2D eigenvalue weighted by Gasteiger charge is -2.22. The number of amides is 1. The number of carbonyl (C=O) groups is 3. The first kappa shape index (κ1) is 22.3. The lowest BCUT2D eigenvalue weighted by atomic mass is 10.1. The fraction of sp³-hybridized carbons (Fsp3) is 0.588. The van der Waals surface area contributed by atoms with Crippen molar-refractivity contribution >= 4 is 17.8 Å². The Morgan fingerprint density at radius 2 is 2.14 bits per heavy atom. The summed E-state index contributed by atoms with van der Waals surface area (Å²) < 4.78 is 12.0. The number of nitrogens with two attached hydrogens (primary N) is 1. The second-order valence-corrected chi connectivity index (χ2v) is 6.79. The van der Waals surface area contributed by atoms with E-state index in [1.807, 2.05) is 0 Å². The van der Waals surface area contributed by atoms with Gasteiger partial charge in [-0.15, -0.1) is 0 Å². The van der Waals surface area contributed by atoms with Crippen molar-refractivity contribution in [2.24, 2.45) is 5.73 Å². The second kappa shape index (κ2) is 9.47. The van der Waals surface area contributed by atoms with Crippen LogP contribution in [0.25, 0.3) is 0 Å². The molecule has 1 aromatic heterocycles. The van der Waals surface area contributed by atoms with Crippen LogP contribution in [0.3, 0.4) is 0 Å². The van der Waals surface area contributed by atoms with Crippen LogP contribution in [0.4, 0.5) is 0 Å². The maximum Gasteiger partial charge on any atom is 0.330 e. The van der Waals surface area contributed by atoms with Crippen molar-refractivity contribution in [2.75, 3.05) is 20.2 Å². The van der Waals surface area contributed by atoms with Crippen LogP contribution in [-0.2, 0) is 23.9 Å². The van der Waals surface area contributed by atoms with E-state index >= 15 is 0 Å². The van der Waals surface area contributed by atoms with Gasteiger partial charge < -0.3 is 25.2 Å². The van der Waals surface area contributed by atoms with E-state index in [4.69, 9.17) is 20.3 Å². The van der Waals surface area contributed by atoms with Crippen molar-refractivity contribution in [2.45, 2.75) is 44.6 Å². The Morgan fingerprint density at radius 1 is 1.45 bits per heavy atom. The third kappa shape index (κ3) is 5.74. The number of ether oxygens (including phenoxy) is 2. The highest BCUT2D eigenvalue weighted by Gasteiger charge is 2.34. The Kier molecular flexibility index (Phi) is 7.29. The monoisotopic (exact) mass is 412 g/mol. The zero-order valence-corrected chi connectivity index (χ0v) is 16.1. The first-order valence-corrected chi connectivity index (χ1v) is 8.95. The summed E-state index contributed by atoms with van der Waals surface area (Å²) in [5.74, 6) is -2.41. The smallest absolute Gasteiger partial charge is 0.330 e. The standard InChI is InChI=1S/C17H24N4O8/c1-9-7-21(17(27)19-14(9)25)16-11(5-6-28-16)29-13(24)4-3-10(18)15(26)20(2)8-12(22)23/h7,10-11,16H,3-6,8,18H2,1-2H3,(H,22,23)(H,19,25,27)/t10-,11-,16-/m0/s1. The van der Waals surface area contributed by atoms with E-state index in [2.05, 4.69) is 4.98 Å². The number of carboxylic acids is 1. The summed E-state index contributed by atoms with van der Waals surface area (Å²) >= 11 is 0. The van der Waals surface area contributed by atoms with Crippen LogP contribution in [0.15, 0.2) is 15.8 Å². The molecule has 12 heteroatoms. The fourth-order valence-corrected chi connectivity index (χ4v) is 2.90. The van der Waals surface area contributed by atoms with Crippen molar-refractivity contribution in [1.82, 2.24) is 14.5 Å². The number of likely N-dealkylation sites (N-methyl/N-ethyl adjacent to an activating group) is 1. The number of nitrogens with zero attached hydrogens (tertiary/aromatic N) is 2. The minimum atomic E-state index is -1.17. The average Bonchev–Trinajstić information content (AvgIpc) is 3.09. The summed E-state index contributed by atoms with van der Waals surface area (Å²) in [6.07, 6.45) is -0.127. The Hall–Kier alpha value is -2.99. The van der Waals surface area contributed by atoms with Gasteiger partial charge >= 0.3 is 17.6 Å². The normalized spacial score (nSPS) is 19.6. The second-order valence-electron chi connectivity index (χ2n) is 6.79. The quantitative estimate of drug-likeness (QED) is 0.421. The van der Waals surface area contributed by atoms with Gasteiger partial charge in [0, 0.05) is 31.6 Å². The number of aliphatic carboxylic acids is 1. The molecular weight excluding hydrogens is 388 g/mol. The molecule has 3 atom stereocenters. The molecule has 4 N–H and O–H groups in total. The Balaban J connectivity index is 1.94. The van der Waals surface area contributed by atoms with Gasteiger partial charge in [-0.3, -0.25) is 28.7 Å². The zero-order chi connectivity index (χ0) is 21.7. The molecule has 1 saturated heterocycles. The molecule has 1 amide bonds. The van der Waals surface area contributed by atoms with Gasteiger partial charge in [-0.2, -0.15) is 0 Å². The van der Waals surface area contributed by atoms with Crippen molar-refractivity contribution in [3.05, 3.63) is 32.6 Å². The molecule has 0 radical (unpaired) electrons. The van der Waals surface area contributed by atoms with E-state index in [-0.39, 0.29) is 19.4 Å². The number of hydrogen-bond donors (Lipinski definition) is 3. The molecule has 0 unspecified atom stereocenters. The zero-order valence-electron chi connectivity index (χ0n) is 16.1. The number of esters is 1. The van der Waals surface area contributed by atoms with Crippen LogP contribution in [0, 0.1) is 6.92 Å². The third-order valence-electron chi connectivity index (χ3n) is 4.44. The molecule has 1 aromatic rings. The van der Waals surface area contributed by atoms with E-state index < -0.39 is 54.0 Å². The minimum absolute atomic E-state index is 0.0302. The number of aromatic nitrogens is 2. The van der Waals surface area contributed by atoms with E-state index in [0.717, 1.165) is 9.47 Å². The van der Waals surface area contributed by atoms with Crippen molar-refractivity contribution < 1.29 is 29.0 Å². The maximum absolute atomic E-state index is 12.2. The number of rotatable bonds is 8. The molecule has 160 valence electrons. The van der Waals surface area contributed by atoms with Gasteiger partial charge in [0.1, 0.15) is 12.6 Å². The van der Waals surface area contributed by atoms with Gasteiger partial charge in [0.2, 0.25) is 5.91 Å². The van der Waals surface area contributed by atoms with Crippen molar-refractivity contribution in [1.29, 1.82) is 0 Å². The number of aryl methyl sites for hydroxylation is 1. The van der Waals surface area contributed by atoms with Gasteiger partial charge in [0.05, 0.1) is 12.6 Å². The molecule has 1 fully saturated rings. The topological polar surface area (TPSA) is 174 Å². The van der Waals surface area contributed by atoms with Gasteiger partial charge in [0.15, 0.2) is 6.23 Å². The number of H-pyrrole nitrogens is 1. The Labute approximate surface area is 165 Å². The van der Waals surface area contributed by atoms with Crippen molar-refractivity contribution in [3.63, 3.8) is 0 Å². The van der Waals surface area contributed by atoms with Gasteiger partial charge in [0.25, 0.3) is 5.56 Å². The van der Waals surface area contributed by atoms with E-state index in [1.54, 1.807) is 0 Å². The number of carbonyl (C=O) groups excluding carboxylic acids is 2. The first-order chi connectivity index (χ1) is 13.6. The molecule has 12 nitrogen and oxygen atoms in total. The van der Waals surface area contributed by atoms with E-state index in [9.17, 15) is 24.0 Å². The average molecular weight is 412 g/mol. The first-order valence-electron chi connectivity index (χ1n) is 8.95. The Bertz CT molecular complexity index is 892. The predicted molar refractivity (Wildman–Crippen MR) is 98.0 cm³/mol. The molecule has 0 aliphatic carbocycles. The molecule has 29 heavy (non-hydrogen) atoms. The van der Waals surface area contributed by atoms with Crippen LogP contribution >= 0.6 is 0 Å². The molecule has 0 aromatic carbocycles. The van der Waals surface area contributed by atoms with Crippen LogP contribution in [-0.4, -0.2) is 69.7 Å². The highest BCUT2D eigenvalue weighted by molar-refractivity contribution is 5.85. The summed E-state index contributed by atoms with van der Waals surface area (Å²) in [6, 6.07) is -1.05. The number of aromatic amines is 1. The van der Waals surface area contributed by atoms with Crippen LogP contribution < -0.4 is 17.0 Å². The maximum atomic E-state index is 12.2. The molecule has 1 aliphatic rings. The minimum Gasteiger partial charge on any atom is -0.480 e. The molecule has 0 saturated carbocycles. The van der Waals surface area contributed by atoms with E-state index in [1.165, 1.54) is 20.2 Å². The SMILES string of the molecule is Cc1cn([C@H]2OCC[C@@H]2OC(=O)CC[C@H](N)C(=O)N(C)CC(=O)O)c(=O)[nH]c1=O. The molecule has 2 heterocycles. The summed E-state index contributed by atoms with van der Waals surface area (Å²) in [4.78, 5) is 61.4. The molecule has 0 bridgehead atoms. The molecular formula is C17H24N4O8. The highest BCUT2D eigenvalue weighted by atomic mass is 16.6. The lowest BCUT2D eigenvalue weighted by molar-refractivity contribution is -0.155. The summed E-state index contributed by atoms with van der Waals surface area (Å²) in [5, 5.41) is 8.70.